The number of hydrogen-bond acceptors (Lipinski definition) is 2. The highest BCUT2D eigenvalue weighted by Gasteiger charge is 2.05. The van der Waals surface area contributed by atoms with Gasteiger partial charge in [0.25, 0.3) is 0 Å². The molecule has 5 nitrogen and oxygen atoms in total. The van der Waals surface area contributed by atoms with E-state index in [1.165, 1.54) is 7.05 Å². The molecule has 0 aromatic heterocycles. The summed E-state index contributed by atoms with van der Waals surface area (Å²) in [4.78, 5) is 17.6. The van der Waals surface area contributed by atoms with E-state index >= 15 is 0 Å². The van der Waals surface area contributed by atoms with Gasteiger partial charge in [0.05, 0.1) is 0 Å². The van der Waals surface area contributed by atoms with E-state index in [0.717, 1.165) is 0 Å². The van der Waals surface area contributed by atoms with Gasteiger partial charge in [-0.3, -0.25) is 4.99 Å². The average Bonchev–Trinajstić information content (AvgIpc) is 2.00. The summed E-state index contributed by atoms with van der Waals surface area (Å²) in [6.45, 7) is 4.31. The molecule has 0 saturated carbocycles. The van der Waals surface area contributed by atoms with Crippen molar-refractivity contribution in [2.75, 3.05) is 13.6 Å². The van der Waals surface area contributed by atoms with Gasteiger partial charge in [-0.2, -0.15) is 0 Å². The summed E-state index contributed by atoms with van der Waals surface area (Å²) >= 11 is 0. The summed E-state index contributed by atoms with van der Waals surface area (Å²) in [6.07, 6.45) is 0. The second-order valence-electron chi connectivity index (χ2n) is 2.08. The molecule has 0 rings (SSSR count). The van der Waals surface area contributed by atoms with Crippen molar-refractivity contribution < 1.29 is 9.90 Å². The van der Waals surface area contributed by atoms with Crippen LogP contribution in [0.4, 0.5) is 0 Å². The number of aliphatic imine (C=N–C) groups is 2. The number of carbonyl (C=O) groups is 1. The molecule has 0 radical (unpaired) electrons. The minimum Gasteiger partial charge on any atom is -0.475 e. The van der Waals surface area contributed by atoms with Gasteiger partial charge in [0.15, 0.2) is 0 Å². The molecule has 5 heteroatoms. The highest BCUT2D eigenvalue weighted by molar-refractivity contribution is 6.36. The SMILES string of the molecule is CCN/C(C)=N/C(=N\C)C(=O)O. The van der Waals surface area contributed by atoms with Crippen LogP contribution >= 0.6 is 0 Å². The normalized spacial score (nSPS) is 12.9. The van der Waals surface area contributed by atoms with E-state index in [1.54, 1.807) is 6.92 Å². The molecule has 2 N–H and O–H groups in total. The predicted octanol–water partition coefficient (Wildman–Crippen LogP) is 0.127. The molecule has 0 aromatic carbocycles. The van der Waals surface area contributed by atoms with Gasteiger partial charge in [0.2, 0.25) is 5.84 Å². The molecule has 0 atom stereocenters. The quantitative estimate of drug-likeness (QED) is 0.435. The largest absolute Gasteiger partial charge is 0.475 e. The monoisotopic (exact) mass is 171 g/mol. The van der Waals surface area contributed by atoms with Crippen LogP contribution in [0, 0.1) is 0 Å². The number of carboxylic acids is 1. The Morgan fingerprint density at radius 3 is 2.50 bits per heavy atom. The molecule has 0 amide bonds. The van der Waals surface area contributed by atoms with Crippen molar-refractivity contribution in [2.45, 2.75) is 13.8 Å². The van der Waals surface area contributed by atoms with Crippen molar-refractivity contribution in [3.8, 4) is 0 Å². The van der Waals surface area contributed by atoms with Gasteiger partial charge in [0.1, 0.15) is 5.84 Å². The number of amidine groups is 2. The van der Waals surface area contributed by atoms with Crippen molar-refractivity contribution in [2.24, 2.45) is 9.98 Å². The lowest BCUT2D eigenvalue weighted by atomic mass is 10.5. The predicted molar refractivity (Wildman–Crippen MR) is 47.8 cm³/mol. The van der Waals surface area contributed by atoms with Gasteiger partial charge in [-0.15, -0.1) is 0 Å². The van der Waals surface area contributed by atoms with Crippen LogP contribution in [0.15, 0.2) is 9.98 Å². The molecule has 0 spiro atoms. The van der Waals surface area contributed by atoms with E-state index < -0.39 is 5.97 Å². The smallest absolute Gasteiger partial charge is 0.373 e. The first-order valence-electron chi connectivity index (χ1n) is 3.61. The van der Waals surface area contributed by atoms with Crippen molar-refractivity contribution in [3.63, 3.8) is 0 Å². The van der Waals surface area contributed by atoms with Gasteiger partial charge in [-0.1, -0.05) is 0 Å². The van der Waals surface area contributed by atoms with E-state index in [2.05, 4.69) is 15.3 Å². The van der Waals surface area contributed by atoms with Crippen LogP contribution in [0.3, 0.4) is 0 Å². The first kappa shape index (κ1) is 10.6. The average molecular weight is 171 g/mol. The summed E-state index contributed by atoms with van der Waals surface area (Å²) in [5, 5.41) is 11.4. The Hall–Kier alpha value is -1.39. The fraction of sp³-hybridized carbons (Fsp3) is 0.571. The molecule has 0 saturated heterocycles. The van der Waals surface area contributed by atoms with Crippen molar-refractivity contribution in [3.05, 3.63) is 0 Å². The molecule has 0 heterocycles. The second-order valence-corrected chi connectivity index (χ2v) is 2.08. The van der Waals surface area contributed by atoms with Crippen LogP contribution in [0.2, 0.25) is 0 Å². The molecule has 0 aliphatic heterocycles. The zero-order valence-electron chi connectivity index (χ0n) is 7.46. The van der Waals surface area contributed by atoms with Gasteiger partial charge in [0, 0.05) is 13.6 Å². The number of carboxylic acid groups (broad SMARTS) is 1. The van der Waals surface area contributed by atoms with Gasteiger partial charge >= 0.3 is 5.97 Å². The van der Waals surface area contributed by atoms with Crippen LogP contribution < -0.4 is 5.32 Å². The number of nitrogens with one attached hydrogen (secondary N) is 1. The summed E-state index contributed by atoms with van der Waals surface area (Å²) in [7, 11) is 1.40. The Morgan fingerprint density at radius 2 is 2.17 bits per heavy atom. The highest BCUT2D eigenvalue weighted by atomic mass is 16.4. The van der Waals surface area contributed by atoms with Crippen molar-refractivity contribution >= 4 is 17.6 Å². The Balaban J connectivity index is 4.38. The lowest BCUT2D eigenvalue weighted by Crippen LogP contribution is -2.23. The van der Waals surface area contributed by atoms with Crippen molar-refractivity contribution in [1.29, 1.82) is 0 Å². The van der Waals surface area contributed by atoms with Crippen LogP contribution in [-0.4, -0.2) is 36.3 Å². The maximum Gasteiger partial charge on any atom is 0.373 e. The molecule has 0 aliphatic carbocycles. The molecular weight excluding hydrogens is 158 g/mol. The fourth-order valence-electron chi connectivity index (χ4n) is 0.648. The highest BCUT2D eigenvalue weighted by Crippen LogP contribution is 1.82. The third-order valence-electron chi connectivity index (χ3n) is 1.11. The third kappa shape index (κ3) is 3.70. The minimum absolute atomic E-state index is 0.187. The van der Waals surface area contributed by atoms with Crippen LogP contribution in [0.1, 0.15) is 13.8 Å². The fourth-order valence-corrected chi connectivity index (χ4v) is 0.648. The summed E-state index contributed by atoms with van der Waals surface area (Å²) in [5.74, 6) is -0.747. The Bertz CT molecular complexity index is 221. The van der Waals surface area contributed by atoms with Crippen molar-refractivity contribution in [1.82, 2.24) is 5.32 Å². The van der Waals surface area contributed by atoms with E-state index in [1.807, 2.05) is 6.92 Å². The van der Waals surface area contributed by atoms with Crippen LogP contribution in [0.25, 0.3) is 0 Å². The number of aliphatic carboxylic acids is 1. The van der Waals surface area contributed by atoms with Gasteiger partial charge in [-0.25, -0.2) is 9.79 Å². The molecule has 0 aromatic rings. The summed E-state index contributed by atoms with van der Waals surface area (Å²) in [6, 6.07) is 0. The first-order chi connectivity index (χ1) is 5.61. The van der Waals surface area contributed by atoms with E-state index in [0.29, 0.717) is 12.4 Å². The Morgan fingerprint density at radius 1 is 1.58 bits per heavy atom. The molecule has 68 valence electrons. The second kappa shape index (κ2) is 5.29. The standard InChI is InChI=1S/C7H13N3O2/c1-4-9-5(2)10-6(8-3)7(11)12/h4H2,1-3H3,(H,11,12)(H,8,9,10). The number of rotatable bonds is 1. The topological polar surface area (TPSA) is 74.0 Å². The molecule has 0 bridgehead atoms. The van der Waals surface area contributed by atoms with E-state index in [-0.39, 0.29) is 5.84 Å². The number of nitrogens with zero attached hydrogens (tertiary/aromatic N) is 2. The van der Waals surface area contributed by atoms with E-state index in [9.17, 15) is 4.79 Å². The summed E-state index contributed by atoms with van der Waals surface area (Å²) in [5.41, 5.74) is 0. The van der Waals surface area contributed by atoms with Gasteiger partial charge in [-0.05, 0) is 13.8 Å². The zero-order chi connectivity index (χ0) is 9.56. The maximum atomic E-state index is 10.4. The molecule has 12 heavy (non-hydrogen) atoms. The molecule has 0 fully saturated rings. The molecule has 0 aliphatic rings. The maximum absolute atomic E-state index is 10.4. The molecular formula is C7H13N3O2. The number of hydrogen-bond donors (Lipinski definition) is 2. The van der Waals surface area contributed by atoms with Gasteiger partial charge < -0.3 is 10.4 Å². The Labute approximate surface area is 71.2 Å². The first-order valence-corrected chi connectivity index (χ1v) is 3.61. The van der Waals surface area contributed by atoms with Crippen LogP contribution in [0.5, 0.6) is 0 Å². The van der Waals surface area contributed by atoms with Crippen LogP contribution in [-0.2, 0) is 4.79 Å². The zero-order valence-corrected chi connectivity index (χ0v) is 7.46. The van der Waals surface area contributed by atoms with E-state index in [4.69, 9.17) is 5.11 Å². The Kier molecular flexibility index (Phi) is 4.67. The minimum atomic E-state index is -1.12. The lowest BCUT2D eigenvalue weighted by Gasteiger charge is -2.00. The molecule has 0 unspecified atom stereocenters. The summed E-state index contributed by atoms with van der Waals surface area (Å²) < 4.78 is 0. The third-order valence-corrected chi connectivity index (χ3v) is 1.11. The lowest BCUT2D eigenvalue weighted by molar-refractivity contribution is -0.129.